The van der Waals surface area contributed by atoms with Gasteiger partial charge in [-0.05, 0) is 74.4 Å². The van der Waals surface area contributed by atoms with Gasteiger partial charge in [-0.3, -0.25) is 0 Å². The zero-order valence-electron chi connectivity index (χ0n) is 32.5. The summed E-state index contributed by atoms with van der Waals surface area (Å²) in [6, 6.07) is 20.1. The molecule has 0 radical (unpaired) electrons. The first-order valence-electron chi connectivity index (χ1n) is 18.2. The smallest absolute Gasteiger partial charge is 0.217 e. The molecule has 0 amide bonds. The fourth-order valence-corrected chi connectivity index (χ4v) is 9.18. The zero-order valence-corrected chi connectivity index (χ0v) is 34.5. The number of aliphatic imine (C=N–C) groups is 2. The molecule has 2 heterocycles. The summed E-state index contributed by atoms with van der Waals surface area (Å²) < 4.78 is 25.7. The monoisotopic (exact) mass is 716 g/mol. The molecule has 2 aliphatic carbocycles. The number of aliphatic hydroxyl groups excluding tert-OH is 1. The van der Waals surface area contributed by atoms with Crippen LogP contribution in [0.25, 0.3) is 0 Å². The van der Waals surface area contributed by atoms with E-state index in [4.69, 9.17) is 28.3 Å². The number of hydrogen-bond donors (Lipinski definition) is 1. The molecule has 0 fully saturated rings. The molecule has 2 aliphatic heterocycles. The summed E-state index contributed by atoms with van der Waals surface area (Å²) in [5.74, 6) is 1.69. The molecule has 2 spiro atoms. The Morgan fingerprint density at radius 2 is 1.00 bits per heavy atom. The van der Waals surface area contributed by atoms with Crippen LogP contribution in [0.15, 0.2) is 95.0 Å². The lowest BCUT2D eigenvalue weighted by molar-refractivity contribution is 0.00574. The van der Waals surface area contributed by atoms with Gasteiger partial charge in [-0.15, -0.1) is 0 Å². The molecular weight excluding hydrogens is 657 g/mol. The largest absolute Gasteiger partial charge is 0.471 e. The summed E-state index contributed by atoms with van der Waals surface area (Å²) in [4.78, 5) is 9.99. The van der Waals surface area contributed by atoms with Gasteiger partial charge in [0.15, 0.2) is 16.6 Å². The summed E-state index contributed by atoms with van der Waals surface area (Å²) in [5, 5.41) is 10.8. The topological polar surface area (TPSA) is 81.9 Å². The second kappa shape index (κ2) is 13.6. The number of benzene rings is 2. The van der Waals surface area contributed by atoms with Crippen molar-refractivity contribution in [2.45, 2.75) is 140 Å². The van der Waals surface area contributed by atoms with E-state index in [1.54, 1.807) is 6.08 Å². The third kappa shape index (κ3) is 7.13. The minimum atomic E-state index is -2.06. The Morgan fingerprint density at radius 3 is 1.42 bits per heavy atom. The molecule has 4 aliphatic rings. The van der Waals surface area contributed by atoms with Crippen LogP contribution in [0, 0.1) is 5.92 Å². The van der Waals surface area contributed by atoms with Gasteiger partial charge in [-0.1, -0.05) is 109 Å². The highest BCUT2D eigenvalue weighted by atomic mass is 28.4. The molecule has 2 aromatic carbocycles. The second-order valence-electron chi connectivity index (χ2n) is 17.5. The predicted molar refractivity (Wildman–Crippen MR) is 210 cm³/mol. The van der Waals surface area contributed by atoms with Crippen LogP contribution in [0.4, 0.5) is 0 Å². The van der Waals surface area contributed by atoms with Crippen molar-refractivity contribution >= 4 is 28.4 Å². The summed E-state index contributed by atoms with van der Waals surface area (Å²) in [6.07, 6.45) is 6.97. The zero-order chi connectivity index (χ0) is 36.9. The molecule has 2 aromatic rings. The Balaban J connectivity index is 0.000000194. The van der Waals surface area contributed by atoms with Crippen LogP contribution < -0.4 is 0 Å². The Bertz CT molecular complexity index is 1500. The number of ether oxygens (including phenoxy) is 2. The fourth-order valence-electron chi connectivity index (χ4n) is 6.47. The molecule has 6 rings (SSSR count). The van der Waals surface area contributed by atoms with Gasteiger partial charge in [0.25, 0.3) is 0 Å². The van der Waals surface area contributed by atoms with Crippen molar-refractivity contribution in [2.24, 2.45) is 15.9 Å². The van der Waals surface area contributed by atoms with Gasteiger partial charge < -0.3 is 23.4 Å². The van der Waals surface area contributed by atoms with Crippen LogP contribution in [-0.2, 0) is 18.3 Å². The standard InChI is InChI=1S/C21H31NO2Si.C20H29NO3Si/c1-15-13-14-21(18(15)24-25(6,7)20(3,4)5)16(2)23-19(22-21)17-11-9-8-10-12-17;1-14-20(21-18(23-14)15-10-8-7-9-11-15)13-12-16(22)17(20)24-25(5,6)19(2,3)4/h8-16,18H,1-7H3;7-14,16-17,22H,1-6H3/t15-,16?,18?,21-;14?,16?,17?,20-/m11/s1. The molecule has 0 bridgehead atoms. The SMILES string of the molecule is CC1OC(c2ccccc2)=N[C@]12C=CC(O)C2O[Si](C)(C)C(C)(C)C.CC1OC(c2ccccc2)=N[C@]12C=C[C@@H](C)C2O[Si](C)(C)C(C)(C)C. The maximum absolute atomic E-state index is 10.6. The molecule has 7 nitrogen and oxygen atoms in total. The first-order valence-corrected chi connectivity index (χ1v) is 24.0. The van der Waals surface area contributed by atoms with E-state index in [1.165, 1.54) is 0 Å². The Kier molecular flexibility index (Phi) is 10.5. The Morgan fingerprint density at radius 1 is 0.620 bits per heavy atom. The average molecular weight is 717 g/mol. The minimum Gasteiger partial charge on any atom is -0.471 e. The van der Waals surface area contributed by atoms with Crippen molar-refractivity contribution in [3.05, 3.63) is 96.1 Å². The first kappa shape index (κ1) is 38.4. The maximum Gasteiger partial charge on any atom is 0.217 e. The Labute approximate surface area is 303 Å². The lowest BCUT2D eigenvalue weighted by atomic mass is 9.88. The molecule has 0 aromatic heterocycles. The van der Waals surface area contributed by atoms with Crippen molar-refractivity contribution in [1.82, 2.24) is 0 Å². The summed E-state index contributed by atoms with van der Waals surface area (Å²) in [6.45, 7) is 28.8. The first-order chi connectivity index (χ1) is 23.1. The van der Waals surface area contributed by atoms with Gasteiger partial charge in [0.05, 0.1) is 12.2 Å². The van der Waals surface area contributed by atoms with E-state index in [1.807, 2.05) is 61.5 Å². The van der Waals surface area contributed by atoms with Gasteiger partial charge in [-0.25, -0.2) is 9.98 Å². The van der Waals surface area contributed by atoms with Crippen molar-refractivity contribution in [3.63, 3.8) is 0 Å². The highest BCUT2D eigenvalue weighted by Crippen LogP contribution is 2.47. The van der Waals surface area contributed by atoms with Gasteiger partial charge in [0.2, 0.25) is 11.8 Å². The van der Waals surface area contributed by atoms with Crippen LogP contribution >= 0.6 is 0 Å². The molecule has 5 unspecified atom stereocenters. The van der Waals surface area contributed by atoms with Crippen LogP contribution in [0.2, 0.25) is 36.3 Å². The lowest BCUT2D eigenvalue weighted by Gasteiger charge is -2.43. The quantitative estimate of drug-likeness (QED) is 0.238. The van der Waals surface area contributed by atoms with Crippen molar-refractivity contribution in [1.29, 1.82) is 0 Å². The Hall–Kier alpha value is -2.83. The van der Waals surface area contributed by atoms with Crippen molar-refractivity contribution in [2.75, 3.05) is 0 Å². The number of hydrogen-bond acceptors (Lipinski definition) is 7. The molecule has 8 atom stereocenters. The molecule has 9 heteroatoms. The molecule has 0 saturated heterocycles. The van der Waals surface area contributed by atoms with Gasteiger partial charge in [-0.2, -0.15) is 0 Å². The van der Waals surface area contributed by atoms with Crippen LogP contribution in [0.5, 0.6) is 0 Å². The maximum atomic E-state index is 10.6. The summed E-state index contributed by atoms with van der Waals surface area (Å²) >= 11 is 0. The van der Waals surface area contributed by atoms with Crippen molar-refractivity contribution in [3.8, 4) is 0 Å². The second-order valence-corrected chi connectivity index (χ2v) is 27.0. The third-order valence-electron chi connectivity index (χ3n) is 11.9. The van der Waals surface area contributed by atoms with E-state index in [2.05, 4.69) is 106 Å². The van der Waals surface area contributed by atoms with Crippen molar-refractivity contribution < 1.29 is 23.4 Å². The minimum absolute atomic E-state index is 0.0290. The highest BCUT2D eigenvalue weighted by molar-refractivity contribution is 6.74. The van der Waals surface area contributed by atoms with Crippen LogP contribution in [0.1, 0.15) is 73.4 Å². The van der Waals surface area contributed by atoms with E-state index >= 15 is 0 Å². The lowest BCUT2D eigenvalue weighted by Crippen LogP contribution is -2.55. The van der Waals surface area contributed by atoms with E-state index in [0.717, 1.165) is 17.0 Å². The molecule has 1 N–H and O–H groups in total. The molecule has 50 heavy (non-hydrogen) atoms. The molecule has 272 valence electrons. The van der Waals surface area contributed by atoms with Gasteiger partial charge >= 0.3 is 0 Å². The number of nitrogens with zero attached hydrogens (tertiary/aromatic N) is 2. The average Bonchev–Trinajstić information content (AvgIpc) is 3.75. The molecular formula is C41H60N2O5Si2. The third-order valence-corrected chi connectivity index (χ3v) is 20.8. The van der Waals surface area contributed by atoms with Crippen LogP contribution in [0.3, 0.4) is 0 Å². The van der Waals surface area contributed by atoms with E-state index in [0.29, 0.717) is 11.8 Å². The number of rotatable bonds is 6. The van der Waals surface area contributed by atoms with Gasteiger partial charge in [0, 0.05) is 17.0 Å². The van der Waals surface area contributed by atoms with E-state index < -0.39 is 39.9 Å². The highest BCUT2D eigenvalue weighted by Gasteiger charge is 2.57. The molecule has 0 saturated carbocycles. The predicted octanol–water partition coefficient (Wildman–Crippen LogP) is 9.10. The van der Waals surface area contributed by atoms with E-state index in [9.17, 15) is 5.11 Å². The number of aliphatic hydroxyl groups is 1. The summed E-state index contributed by atoms with van der Waals surface area (Å²) in [5.41, 5.74) is 0.901. The van der Waals surface area contributed by atoms with Gasteiger partial charge in [0.1, 0.15) is 29.4 Å². The normalized spacial score (nSPS) is 32.1. The fraction of sp³-hybridized carbons (Fsp3) is 0.561. The van der Waals surface area contributed by atoms with Crippen LogP contribution in [-0.4, -0.2) is 75.1 Å². The van der Waals surface area contributed by atoms with E-state index in [-0.39, 0.29) is 28.4 Å². The summed E-state index contributed by atoms with van der Waals surface area (Å²) in [7, 11) is -3.96.